The number of hydrogen-bond acceptors (Lipinski definition) is 5. The maximum Gasteiger partial charge on any atom is 0.240 e. The van der Waals surface area contributed by atoms with Crippen molar-refractivity contribution in [1.29, 1.82) is 0 Å². The molecular weight excluding hydrogens is 366 g/mol. The fourth-order valence-corrected chi connectivity index (χ4v) is 3.31. The number of anilines is 1. The molecule has 1 fully saturated rings. The van der Waals surface area contributed by atoms with Crippen LogP contribution in [0.3, 0.4) is 0 Å². The Balaban J connectivity index is 0.00000261. The number of aromatic nitrogens is 1. The number of nitrogens with zero attached hydrogens (tertiary/aromatic N) is 1. The molecule has 1 aliphatic heterocycles. The van der Waals surface area contributed by atoms with Gasteiger partial charge in [-0.3, -0.25) is 4.79 Å². The van der Waals surface area contributed by atoms with Crippen LogP contribution in [0.15, 0.2) is 36.4 Å². The van der Waals surface area contributed by atoms with Crippen LogP contribution in [-0.4, -0.2) is 38.2 Å². The van der Waals surface area contributed by atoms with E-state index >= 15 is 0 Å². The van der Waals surface area contributed by atoms with E-state index in [0.29, 0.717) is 36.5 Å². The summed E-state index contributed by atoms with van der Waals surface area (Å²) in [5.41, 5.74) is 2.22. The molecule has 7 heteroatoms. The first-order chi connectivity index (χ1) is 12.5. The molecule has 2 N–H and O–H groups in total. The molecule has 2 heterocycles. The molecule has 146 valence electrons. The molecule has 1 amide bonds. The van der Waals surface area contributed by atoms with Crippen LogP contribution in [0.1, 0.15) is 30.9 Å². The number of rotatable bonds is 6. The Morgan fingerprint density at radius 3 is 2.41 bits per heavy atom. The molecule has 0 aliphatic carbocycles. The fraction of sp³-hybridized carbons (Fsp3) is 0.400. The maximum absolute atomic E-state index is 13.2. The second-order valence-corrected chi connectivity index (χ2v) is 6.79. The number of ether oxygens (including phenoxy) is 2. The SMILES string of the molecule is COc1ccc(NC(=O)C2(c3ccccc3C(C)C)CNC2)c(OC)n1.Cl. The molecule has 0 unspecified atom stereocenters. The lowest BCUT2D eigenvalue weighted by Gasteiger charge is -2.43. The largest absolute Gasteiger partial charge is 0.481 e. The van der Waals surface area contributed by atoms with Crippen molar-refractivity contribution in [2.45, 2.75) is 25.2 Å². The third kappa shape index (κ3) is 3.87. The van der Waals surface area contributed by atoms with Gasteiger partial charge in [0, 0.05) is 19.2 Å². The van der Waals surface area contributed by atoms with Gasteiger partial charge in [-0.05, 0) is 23.1 Å². The first kappa shape index (κ1) is 21.0. The van der Waals surface area contributed by atoms with Crippen LogP contribution in [0.5, 0.6) is 11.8 Å². The van der Waals surface area contributed by atoms with Crippen LogP contribution in [-0.2, 0) is 10.2 Å². The minimum atomic E-state index is -0.591. The highest BCUT2D eigenvalue weighted by Crippen LogP contribution is 2.36. The quantitative estimate of drug-likeness (QED) is 0.791. The molecule has 0 atom stereocenters. The molecular formula is C20H26ClN3O3. The van der Waals surface area contributed by atoms with Crippen LogP contribution in [0, 0.1) is 0 Å². The third-order valence-corrected chi connectivity index (χ3v) is 4.87. The van der Waals surface area contributed by atoms with Gasteiger partial charge in [0.25, 0.3) is 0 Å². The maximum atomic E-state index is 13.2. The van der Waals surface area contributed by atoms with Crippen molar-refractivity contribution in [2.75, 3.05) is 32.6 Å². The van der Waals surface area contributed by atoms with E-state index in [2.05, 4.69) is 41.6 Å². The predicted molar refractivity (Wildman–Crippen MR) is 108 cm³/mol. The van der Waals surface area contributed by atoms with E-state index in [1.165, 1.54) is 19.8 Å². The van der Waals surface area contributed by atoms with Crippen LogP contribution < -0.4 is 20.1 Å². The summed E-state index contributed by atoms with van der Waals surface area (Å²) >= 11 is 0. The highest BCUT2D eigenvalue weighted by atomic mass is 35.5. The average Bonchev–Trinajstić information content (AvgIpc) is 2.61. The Morgan fingerprint density at radius 1 is 1.15 bits per heavy atom. The Hall–Kier alpha value is -2.31. The standard InChI is InChI=1S/C20H25N3O3.ClH/c1-13(2)14-7-5-6-8-15(14)20(11-21-12-20)19(24)22-16-9-10-17(25-3)23-18(16)26-4;/h5-10,13,21H,11-12H2,1-4H3,(H,22,24);1H. The summed E-state index contributed by atoms with van der Waals surface area (Å²) in [5.74, 6) is 1.05. The van der Waals surface area contributed by atoms with Gasteiger partial charge in [0.05, 0.1) is 19.6 Å². The van der Waals surface area contributed by atoms with Gasteiger partial charge in [0.1, 0.15) is 5.69 Å². The molecule has 0 spiro atoms. The van der Waals surface area contributed by atoms with Crippen molar-refractivity contribution in [3.05, 3.63) is 47.5 Å². The monoisotopic (exact) mass is 391 g/mol. The zero-order valence-corrected chi connectivity index (χ0v) is 16.9. The number of benzene rings is 1. The summed E-state index contributed by atoms with van der Waals surface area (Å²) in [5, 5.41) is 6.25. The summed E-state index contributed by atoms with van der Waals surface area (Å²) in [6.45, 7) is 5.50. The van der Waals surface area contributed by atoms with Gasteiger partial charge in [-0.1, -0.05) is 38.1 Å². The van der Waals surface area contributed by atoms with E-state index in [9.17, 15) is 4.79 Å². The lowest BCUT2D eigenvalue weighted by atomic mass is 9.71. The van der Waals surface area contributed by atoms with Gasteiger partial charge in [0.15, 0.2) is 0 Å². The first-order valence-electron chi connectivity index (χ1n) is 8.72. The summed E-state index contributed by atoms with van der Waals surface area (Å²) in [6, 6.07) is 11.6. The molecule has 1 aromatic carbocycles. The number of amides is 1. The Morgan fingerprint density at radius 2 is 1.85 bits per heavy atom. The lowest BCUT2D eigenvalue weighted by Crippen LogP contribution is -2.63. The molecule has 2 aromatic rings. The third-order valence-electron chi connectivity index (χ3n) is 4.87. The summed E-state index contributed by atoms with van der Waals surface area (Å²) in [4.78, 5) is 17.5. The van der Waals surface area contributed by atoms with E-state index in [-0.39, 0.29) is 18.3 Å². The Labute approximate surface area is 166 Å². The Bertz CT molecular complexity index is 807. The molecule has 0 bridgehead atoms. The summed E-state index contributed by atoms with van der Waals surface area (Å²) in [7, 11) is 3.06. The normalized spacial score (nSPS) is 14.7. The second-order valence-electron chi connectivity index (χ2n) is 6.79. The number of hydrogen-bond donors (Lipinski definition) is 2. The number of carbonyl (C=O) groups excluding carboxylic acids is 1. The van der Waals surface area contributed by atoms with Gasteiger partial charge in [-0.15, -0.1) is 12.4 Å². The van der Waals surface area contributed by atoms with E-state index < -0.39 is 5.41 Å². The van der Waals surface area contributed by atoms with Crippen LogP contribution in [0.25, 0.3) is 0 Å². The minimum absolute atomic E-state index is 0. The number of nitrogens with one attached hydrogen (secondary N) is 2. The zero-order chi connectivity index (χ0) is 18.7. The molecule has 0 saturated carbocycles. The molecule has 1 aromatic heterocycles. The van der Waals surface area contributed by atoms with Gasteiger partial charge < -0.3 is 20.1 Å². The van der Waals surface area contributed by atoms with Gasteiger partial charge in [0.2, 0.25) is 17.7 Å². The van der Waals surface area contributed by atoms with Crippen molar-refractivity contribution in [1.82, 2.24) is 10.3 Å². The van der Waals surface area contributed by atoms with Gasteiger partial charge in [-0.2, -0.15) is 4.98 Å². The van der Waals surface area contributed by atoms with Crippen molar-refractivity contribution in [3.63, 3.8) is 0 Å². The number of pyridine rings is 1. The van der Waals surface area contributed by atoms with E-state index in [0.717, 1.165) is 5.56 Å². The number of halogens is 1. The lowest BCUT2D eigenvalue weighted by molar-refractivity contribution is -0.123. The second kappa shape index (κ2) is 8.59. The van der Waals surface area contributed by atoms with E-state index in [1.54, 1.807) is 12.1 Å². The average molecular weight is 392 g/mol. The van der Waals surface area contributed by atoms with Gasteiger partial charge in [-0.25, -0.2) is 0 Å². The van der Waals surface area contributed by atoms with Crippen molar-refractivity contribution >= 4 is 24.0 Å². The molecule has 1 aliphatic rings. The number of carbonyl (C=O) groups is 1. The topological polar surface area (TPSA) is 72.5 Å². The first-order valence-corrected chi connectivity index (χ1v) is 8.72. The summed E-state index contributed by atoms with van der Waals surface area (Å²) in [6.07, 6.45) is 0. The van der Waals surface area contributed by atoms with Crippen molar-refractivity contribution < 1.29 is 14.3 Å². The number of methoxy groups -OCH3 is 2. The van der Waals surface area contributed by atoms with Crippen molar-refractivity contribution in [3.8, 4) is 11.8 Å². The predicted octanol–water partition coefficient (Wildman–Crippen LogP) is 3.12. The van der Waals surface area contributed by atoms with Crippen LogP contribution in [0.2, 0.25) is 0 Å². The van der Waals surface area contributed by atoms with E-state index in [4.69, 9.17) is 9.47 Å². The van der Waals surface area contributed by atoms with Crippen LogP contribution in [0.4, 0.5) is 5.69 Å². The Kier molecular flexibility index (Phi) is 6.68. The molecule has 27 heavy (non-hydrogen) atoms. The fourth-order valence-electron chi connectivity index (χ4n) is 3.31. The van der Waals surface area contributed by atoms with Crippen LogP contribution >= 0.6 is 12.4 Å². The van der Waals surface area contributed by atoms with Crippen molar-refractivity contribution in [2.24, 2.45) is 0 Å². The van der Waals surface area contributed by atoms with Gasteiger partial charge >= 0.3 is 0 Å². The highest BCUT2D eigenvalue weighted by molar-refractivity contribution is 6.01. The molecule has 6 nitrogen and oxygen atoms in total. The minimum Gasteiger partial charge on any atom is -0.481 e. The van der Waals surface area contributed by atoms with E-state index in [1.807, 2.05) is 12.1 Å². The smallest absolute Gasteiger partial charge is 0.240 e. The molecule has 1 saturated heterocycles. The zero-order valence-electron chi connectivity index (χ0n) is 16.0. The molecule has 3 rings (SSSR count). The highest BCUT2D eigenvalue weighted by Gasteiger charge is 2.47. The summed E-state index contributed by atoms with van der Waals surface area (Å²) < 4.78 is 10.4. The molecule has 0 radical (unpaired) electrons.